The number of carboxylic acids is 1. The summed E-state index contributed by atoms with van der Waals surface area (Å²) in [5, 5.41) is 14.7. The van der Waals surface area contributed by atoms with Gasteiger partial charge in [0.15, 0.2) is 0 Å². The molecule has 1 aromatic rings. The van der Waals surface area contributed by atoms with Crippen LogP contribution in [0, 0.1) is 5.92 Å². The summed E-state index contributed by atoms with van der Waals surface area (Å²) in [6, 6.07) is 4.09. The third-order valence-corrected chi connectivity index (χ3v) is 3.59. The number of amides is 2. The number of anilines is 1. The highest BCUT2D eigenvalue weighted by atomic mass is 79.9. The fourth-order valence-corrected chi connectivity index (χ4v) is 2.34. The molecule has 1 aromatic carbocycles. The van der Waals surface area contributed by atoms with Gasteiger partial charge in [-0.3, -0.25) is 4.79 Å². The fourth-order valence-electron chi connectivity index (χ4n) is 1.56. The highest BCUT2D eigenvalue weighted by Crippen LogP contribution is 2.25. The Balaban J connectivity index is 2.68. The quantitative estimate of drug-likeness (QED) is 0.746. The number of hydrogen-bond acceptors (Lipinski definition) is 2. The number of hydrogen-bond donors (Lipinski definition) is 3. The first kappa shape index (κ1) is 16.8. The van der Waals surface area contributed by atoms with Gasteiger partial charge in [-0.25, -0.2) is 4.79 Å². The largest absolute Gasteiger partial charge is 0.481 e. The predicted molar refractivity (Wildman–Crippen MR) is 82.2 cm³/mol. The van der Waals surface area contributed by atoms with Gasteiger partial charge >= 0.3 is 12.0 Å². The predicted octanol–water partition coefficient (Wildman–Crippen LogP) is 3.72. The Labute approximate surface area is 130 Å². The lowest BCUT2D eigenvalue weighted by atomic mass is 10.0. The molecular weight excluding hydrogens is 348 g/mol. The molecule has 0 heterocycles. The minimum absolute atomic E-state index is 0.0190. The summed E-state index contributed by atoms with van der Waals surface area (Å²) in [4.78, 5) is 22.6. The van der Waals surface area contributed by atoms with E-state index in [4.69, 9.17) is 16.7 Å². The van der Waals surface area contributed by atoms with E-state index in [1.54, 1.807) is 18.2 Å². The van der Waals surface area contributed by atoms with Crippen molar-refractivity contribution in [3.63, 3.8) is 0 Å². The second kappa shape index (κ2) is 7.50. The maximum atomic E-state index is 11.9. The molecule has 110 valence electrons. The monoisotopic (exact) mass is 362 g/mol. The van der Waals surface area contributed by atoms with Crippen LogP contribution in [0.4, 0.5) is 10.5 Å². The number of carboxylic acid groups (broad SMARTS) is 1. The molecule has 0 spiro atoms. The van der Waals surface area contributed by atoms with Gasteiger partial charge in [-0.1, -0.05) is 25.4 Å². The Morgan fingerprint density at radius 3 is 2.55 bits per heavy atom. The molecule has 0 radical (unpaired) electrons. The molecule has 0 aromatic heterocycles. The molecule has 5 nitrogen and oxygen atoms in total. The molecule has 1 rings (SSSR count). The third kappa shape index (κ3) is 5.38. The molecule has 0 aliphatic heterocycles. The van der Waals surface area contributed by atoms with Crippen LogP contribution in [0.1, 0.15) is 20.3 Å². The van der Waals surface area contributed by atoms with Crippen LogP contribution >= 0.6 is 27.5 Å². The molecule has 0 bridgehead atoms. The zero-order chi connectivity index (χ0) is 15.3. The van der Waals surface area contributed by atoms with Crippen molar-refractivity contribution in [1.82, 2.24) is 5.32 Å². The number of aliphatic carboxylic acids is 1. The Bertz CT molecular complexity index is 508. The topological polar surface area (TPSA) is 78.4 Å². The number of halogens is 2. The second-order valence-electron chi connectivity index (χ2n) is 4.67. The average molecular weight is 364 g/mol. The summed E-state index contributed by atoms with van der Waals surface area (Å²) in [7, 11) is 0. The van der Waals surface area contributed by atoms with Crippen molar-refractivity contribution >= 4 is 45.2 Å². The number of nitrogens with one attached hydrogen (secondary N) is 2. The van der Waals surface area contributed by atoms with E-state index in [9.17, 15) is 9.59 Å². The van der Waals surface area contributed by atoms with Gasteiger partial charge in [0.05, 0.1) is 12.1 Å². The van der Waals surface area contributed by atoms with Gasteiger partial charge in [-0.15, -0.1) is 0 Å². The highest BCUT2D eigenvalue weighted by Gasteiger charge is 2.19. The SMILES string of the molecule is CC(C)C(CC(=O)O)NC(=O)Nc1ccc(Cl)cc1Br. The van der Waals surface area contributed by atoms with E-state index >= 15 is 0 Å². The molecule has 1 unspecified atom stereocenters. The minimum Gasteiger partial charge on any atom is -0.481 e. The smallest absolute Gasteiger partial charge is 0.319 e. The maximum Gasteiger partial charge on any atom is 0.319 e. The van der Waals surface area contributed by atoms with E-state index in [0.29, 0.717) is 15.2 Å². The maximum absolute atomic E-state index is 11.9. The van der Waals surface area contributed by atoms with Crippen LogP contribution in [0.3, 0.4) is 0 Å². The highest BCUT2D eigenvalue weighted by molar-refractivity contribution is 9.10. The molecule has 20 heavy (non-hydrogen) atoms. The summed E-state index contributed by atoms with van der Waals surface area (Å²) in [5.41, 5.74) is 0.560. The summed E-state index contributed by atoms with van der Waals surface area (Å²) in [6.45, 7) is 3.71. The Kier molecular flexibility index (Phi) is 6.29. The summed E-state index contributed by atoms with van der Waals surface area (Å²) in [6.07, 6.45) is -0.118. The van der Waals surface area contributed by atoms with E-state index in [2.05, 4.69) is 26.6 Å². The lowest BCUT2D eigenvalue weighted by Gasteiger charge is -2.21. The van der Waals surface area contributed by atoms with Crippen LogP contribution in [0.15, 0.2) is 22.7 Å². The fraction of sp³-hybridized carbons (Fsp3) is 0.385. The van der Waals surface area contributed by atoms with Crippen molar-refractivity contribution in [2.75, 3.05) is 5.32 Å². The van der Waals surface area contributed by atoms with Gasteiger partial charge in [-0.2, -0.15) is 0 Å². The third-order valence-electron chi connectivity index (χ3n) is 2.70. The minimum atomic E-state index is -0.948. The Morgan fingerprint density at radius 2 is 2.05 bits per heavy atom. The zero-order valence-electron chi connectivity index (χ0n) is 11.1. The lowest BCUT2D eigenvalue weighted by Crippen LogP contribution is -2.42. The van der Waals surface area contributed by atoms with Crippen molar-refractivity contribution in [3.05, 3.63) is 27.7 Å². The summed E-state index contributed by atoms with van der Waals surface area (Å²) in [5.74, 6) is -0.929. The van der Waals surface area contributed by atoms with E-state index in [1.165, 1.54) is 0 Å². The van der Waals surface area contributed by atoms with Crippen LogP contribution in [-0.4, -0.2) is 23.1 Å². The molecule has 0 saturated carbocycles. The van der Waals surface area contributed by atoms with Gasteiger partial charge < -0.3 is 15.7 Å². The van der Waals surface area contributed by atoms with Crippen LogP contribution in [-0.2, 0) is 4.79 Å². The van der Waals surface area contributed by atoms with Crippen LogP contribution in [0.2, 0.25) is 5.02 Å². The van der Waals surface area contributed by atoms with Crippen molar-refractivity contribution in [2.45, 2.75) is 26.3 Å². The zero-order valence-corrected chi connectivity index (χ0v) is 13.5. The molecule has 3 N–H and O–H groups in total. The second-order valence-corrected chi connectivity index (χ2v) is 5.96. The van der Waals surface area contributed by atoms with Crippen LogP contribution in [0.25, 0.3) is 0 Å². The van der Waals surface area contributed by atoms with Gasteiger partial charge in [-0.05, 0) is 40.0 Å². The van der Waals surface area contributed by atoms with Crippen molar-refractivity contribution in [3.8, 4) is 0 Å². The number of rotatable bonds is 5. The van der Waals surface area contributed by atoms with Gasteiger partial charge in [0.25, 0.3) is 0 Å². The van der Waals surface area contributed by atoms with Gasteiger partial charge in [0.1, 0.15) is 0 Å². The molecule has 0 fully saturated rings. The van der Waals surface area contributed by atoms with E-state index in [-0.39, 0.29) is 12.3 Å². The normalized spacial score (nSPS) is 12.1. The lowest BCUT2D eigenvalue weighted by molar-refractivity contribution is -0.137. The number of urea groups is 1. The first-order chi connectivity index (χ1) is 9.29. The van der Waals surface area contributed by atoms with E-state index in [0.717, 1.165) is 0 Å². The molecule has 1 atom stereocenters. The van der Waals surface area contributed by atoms with Crippen molar-refractivity contribution < 1.29 is 14.7 Å². The molecule has 2 amide bonds. The van der Waals surface area contributed by atoms with Crippen molar-refractivity contribution in [2.24, 2.45) is 5.92 Å². The first-order valence-electron chi connectivity index (χ1n) is 6.04. The van der Waals surface area contributed by atoms with Gasteiger partial charge in [0, 0.05) is 15.5 Å². The summed E-state index contributed by atoms with van der Waals surface area (Å²) >= 11 is 9.10. The molecule has 0 saturated heterocycles. The number of benzene rings is 1. The first-order valence-corrected chi connectivity index (χ1v) is 7.21. The van der Waals surface area contributed by atoms with Gasteiger partial charge in [0.2, 0.25) is 0 Å². The van der Waals surface area contributed by atoms with Crippen molar-refractivity contribution in [1.29, 1.82) is 0 Å². The average Bonchev–Trinajstić information content (AvgIpc) is 2.31. The Morgan fingerprint density at radius 1 is 1.40 bits per heavy atom. The summed E-state index contributed by atoms with van der Waals surface area (Å²) < 4.78 is 0.652. The Hall–Kier alpha value is -1.27. The van der Waals surface area contributed by atoms with E-state index in [1.807, 2.05) is 13.8 Å². The molecule has 0 aliphatic carbocycles. The van der Waals surface area contributed by atoms with Crippen LogP contribution in [0.5, 0.6) is 0 Å². The number of carbonyl (C=O) groups is 2. The van der Waals surface area contributed by atoms with Crippen LogP contribution < -0.4 is 10.6 Å². The molecular formula is C13H16BrClN2O3. The molecule has 7 heteroatoms. The number of carbonyl (C=O) groups excluding carboxylic acids is 1. The standard InChI is InChI=1S/C13H16BrClN2O3/c1-7(2)11(6-12(18)19)17-13(20)16-10-4-3-8(15)5-9(10)14/h3-5,7,11H,6H2,1-2H3,(H,18,19)(H2,16,17,20). The van der Waals surface area contributed by atoms with E-state index < -0.39 is 18.0 Å². The molecule has 0 aliphatic rings.